The maximum Gasteiger partial charge on any atom is 0.308 e. The molecule has 1 aromatic heterocycles. The van der Waals surface area contributed by atoms with Crippen molar-refractivity contribution in [1.29, 1.82) is 0 Å². The first-order chi connectivity index (χ1) is 9.67. The monoisotopic (exact) mass is 280 g/mol. The Morgan fingerprint density at radius 3 is 2.60 bits per heavy atom. The Labute approximate surface area is 116 Å². The van der Waals surface area contributed by atoms with Gasteiger partial charge < -0.3 is 9.94 Å². The van der Waals surface area contributed by atoms with Gasteiger partial charge in [-0.3, -0.25) is 9.78 Å². The van der Waals surface area contributed by atoms with Gasteiger partial charge in [-0.15, -0.1) is 0 Å². The predicted molar refractivity (Wildman–Crippen MR) is 70.0 cm³/mol. The number of hydrogen-bond acceptors (Lipinski definition) is 5. The molecule has 0 bridgehead atoms. The average molecular weight is 280 g/mol. The van der Waals surface area contributed by atoms with Gasteiger partial charge in [0, 0.05) is 12.1 Å². The highest BCUT2D eigenvalue weighted by Gasteiger charge is 2.31. The van der Waals surface area contributed by atoms with E-state index >= 15 is 0 Å². The predicted octanol–water partition coefficient (Wildman–Crippen LogP) is 2.38. The third-order valence-electron chi connectivity index (χ3n) is 3.76. The van der Waals surface area contributed by atoms with Crippen LogP contribution < -0.4 is 0 Å². The molecule has 0 aliphatic heterocycles. The summed E-state index contributed by atoms with van der Waals surface area (Å²) >= 11 is 0. The fourth-order valence-electron chi connectivity index (χ4n) is 2.67. The summed E-state index contributed by atoms with van der Waals surface area (Å²) in [6.45, 7) is 0. The van der Waals surface area contributed by atoms with E-state index in [4.69, 9.17) is 9.94 Å². The first kappa shape index (κ1) is 14.4. The number of carbonyl (C=O) groups excluding carboxylic acids is 1. The van der Waals surface area contributed by atoms with E-state index in [0.29, 0.717) is 25.7 Å². The molecule has 1 N–H and O–H groups in total. The number of pyridine rings is 1. The van der Waals surface area contributed by atoms with Crippen LogP contribution in [0, 0.1) is 17.7 Å². The molecule has 0 saturated heterocycles. The number of nitrogens with zero attached hydrogens (tertiary/aromatic N) is 2. The van der Waals surface area contributed by atoms with Gasteiger partial charge >= 0.3 is 5.97 Å². The molecule has 6 heteroatoms. The molecule has 1 aliphatic rings. The van der Waals surface area contributed by atoms with Crippen molar-refractivity contribution in [3.63, 3.8) is 0 Å². The lowest BCUT2D eigenvalue weighted by molar-refractivity contribution is -0.146. The Kier molecular flexibility index (Phi) is 4.65. The number of carbonyl (C=O) groups is 1. The molecule has 0 amide bonds. The van der Waals surface area contributed by atoms with Crippen LogP contribution in [0.2, 0.25) is 0 Å². The van der Waals surface area contributed by atoms with Crippen LogP contribution in [0.25, 0.3) is 0 Å². The van der Waals surface area contributed by atoms with E-state index in [1.54, 1.807) is 0 Å². The molecule has 0 spiro atoms. The maximum atomic E-state index is 13.7. The van der Waals surface area contributed by atoms with Gasteiger partial charge in [-0.25, -0.2) is 4.39 Å². The number of oxime groups is 1. The minimum atomic E-state index is -0.504. The molecule has 2 rings (SSSR count). The van der Waals surface area contributed by atoms with Crippen molar-refractivity contribution in [1.82, 2.24) is 4.98 Å². The summed E-state index contributed by atoms with van der Waals surface area (Å²) in [5, 5.41) is 12.4. The highest BCUT2D eigenvalue weighted by atomic mass is 19.1. The van der Waals surface area contributed by atoms with Crippen molar-refractivity contribution in [3.8, 4) is 0 Å². The van der Waals surface area contributed by atoms with Crippen molar-refractivity contribution < 1.29 is 19.1 Å². The van der Waals surface area contributed by atoms with Crippen molar-refractivity contribution in [3.05, 3.63) is 29.8 Å². The molecule has 1 heterocycles. The SMILES string of the molecule is COC(=O)C1CCC(/C(=N/O)c2ncccc2F)CC1. The van der Waals surface area contributed by atoms with Crippen molar-refractivity contribution >= 4 is 11.7 Å². The lowest BCUT2D eigenvalue weighted by Gasteiger charge is -2.27. The van der Waals surface area contributed by atoms with Crippen LogP contribution in [0.15, 0.2) is 23.5 Å². The van der Waals surface area contributed by atoms with E-state index in [1.165, 1.54) is 25.4 Å². The first-order valence-electron chi connectivity index (χ1n) is 6.58. The molecule has 0 aromatic carbocycles. The third-order valence-corrected chi connectivity index (χ3v) is 3.76. The van der Waals surface area contributed by atoms with E-state index in [0.717, 1.165) is 0 Å². The number of halogens is 1. The van der Waals surface area contributed by atoms with E-state index in [-0.39, 0.29) is 29.2 Å². The van der Waals surface area contributed by atoms with Crippen LogP contribution in [0.4, 0.5) is 4.39 Å². The van der Waals surface area contributed by atoms with Gasteiger partial charge in [-0.2, -0.15) is 0 Å². The highest BCUT2D eigenvalue weighted by molar-refractivity contribution is 6.00. The molecule has 1 fully saturated rings. The fourth-order valence-corrected chi connectivity index (χ4v) is 2.67. The van der Waals surface area contributed by atoms with E-state index in [2.05, 4.69) is 10.1 Å². The summed E-state index contributed by atoms with van der Waals surface area (Å²) in [6.07, 6.45) is 4.05. The van der Waals surface area contributed by atoms with Crippen LogP contribution in [-0.2, 0) is 9.53 Å². The topological polar surface area (TPSA) is 71.8 Å². The quantitative estimate of drug-likeness (QED) is 0.399. The number of rotatable bonds is 3. The number of ether oxygens (including phenoxy) is 1. The highest BCUT2D eigenvalue weighted by Crippen LogP contribution is 2.32. The largest absolute Gasteiger partial charge is 0.469 e. The summed E-state index contributed by atoms with van der Waals surface area (Å²) in [4.78, 5) is 15.4. The Bertz CT molecular complexity index is 511. The second-order valence-corrected chi connectivity index (χ2v) is 4.89. The standard InChI is InChI=1S/C14H17FN2O3/c1-20-14(18)10-6-4-9(5-7-10)12(17-19)13-11(15)3-2-8-16-13/h2-3,8-10,19H,4-7H2,1H3/b17-12-. The summed E-state index contributed by atoms with van der Waals surface area (Å²) in [7, 11) is 1.37. The van der Waals surface area contributed by atoms with Crippen LogP contribution in [-0.4, -0.2) is 29.0 Å². The molecule has 0 unspecified atom stereocenters. The van der Waals surface area contributed by atoms with Crippen molar-refractivity contribution in [2.75, 3.05) is 7.11 Å². The normalized spacial score (nSPS) is 23.4. The zero-order valence-electron chi connectivity index (χ0n) is 11.3. The molecular formula is C14H17FN2O3. The van der Waals surface area contributed by atoms with Crippen LogP contribution >= 0.6 is 0 Å². The van der Waals surface area contributed by atoms with Gasteiger partial charge in [0.05, 0.1) is 13.0 Å². The van der Waals surface area contributed by atoms with Gasteiger partial charge in [0.15, 0.2) is 5.82 Å². The maximum absolute atomic E-state index is 13.7. The molecular weight excluding hydrogens is 263 g/mol. The second-order valence-electron chi connectivity index (χ2n) is 4.89. The zero-order chi connectivity index (χ0) is 14.5. The Morgan fingerprint density at radius 2 is 2.05 bits per heavy atom. The van der Waals surface area contributed by atoms with Crippen LogP contribution in [0.1, 0.15) is 31.4 Å². The Balaban J connectivity index is 2.09. The Hall–Kier alpha value is -1.98. The zero-order valence-corrected chi connectivity index (χ0v) is 11.3. The fraction of sp³-hybridized carbons (Fsp3) is 0.500. The third kappa shape index (κ3) is 2.95. The number of methoxy groups -OCH3 is 1. The first-order valence-corrected chi connectivity index (χ1v) is 6.58. The van der Waals surface area contributed by atoms with Gasteiger partial charge in [0.25, 0.3) is 0 Å². The van der Waals surface area contributed by atoms with Gasteiger partial charge in [-0.05, 0) is 37.8 Å². The molecule has 1 aliphatic carbocycles. The Morgan fingerprint density at radius 1 is 1.40 bits per heavy atom. The molecule has 108 valence electrons. The number of hydrogen-bond donors (Lipinski definition) is 1. The number of aromatic nitrogens is 1. The lowest BCUT2D eigenvalue weighted by Crippen LogP contribution is -2.28. The summed E-state index contributed by atoms with van der Waals surface area (Å²) < 4.78 is 18.4. The van der Waals surface area contributed by atoms with Gasteiger partial charge in [0.2, 0.25) is 0 Å². The van der Waals surface area contributed by atoms with Crippen molar-refractivity contribution in [2.45, 2.75) is 25.7 Å². The molecule has 1 saturated carbocycles. The number of esters is 1. The molecule has 0 radical (unpaired) electrons. The van der Waals surface area contributed by atoms with Crippen molar-refractivity contribution in [2.24, 2.45) is 17.0 Å². The summed E-state index contributed by atoms with van der Waals surface area (Å²) in [6, 6.07) is 2.77. The van der Waals surface area contributed by atoms with E-state index in [1.807, 2.05) is 0 Å². The smallest absolute Gasteiger partial charge is 0.308 e. The van der Waals surface area contributed by atoms with E-state index < -0.39 is 5.82 Å². The molecule has 20 heavy (non-hydrogen) atoms. The van der Waals surface area contributed by atoms with Gasteiger partial charge in [0.1, 0.15) is 11.4 Å². The van der Waals surface area contributed by atoms with Crippen LogP contribution in [0.3, 0.4) is 0 Å². The average Bonchev–Trinajstić information content (AvgIpc) is 2.50. The minimum absolute atomic E-state index is 0.0801. The van der Waals surface area contributed by atoms with Gasteiger partial charge in [-0.1, -0.05) is 5.16 Å². The summed E-state index contributed by atoms with van der Waals surface area (Å²) in [5.41, 5.74) is 0.336. The summed E-state index contributed by atoms with van der Waals surface area (Å²) in [5.74, 6) is -0.930. The molecule has 5 nitrogen and oxygen atoms in total. The van der Waals surface area contributed by atoms with Crippen LogP contribution in [0.5, 0.6) is 0 Å². The lowest BCUT2D eigenvalue weighted by atomic mass is 9.79. The van der Waals surface area contributed by atoms with E-state index in [9.17, 15) is 9.18 Å². The second kappa shape index (κ2) is 6.45. The molecule has 1 aromatic rings. The molecule has 0 atom stereocenters. The minimum Gasteiger partial charge on any atom is -0.469 e.